The van der Waals surface area contributed by atoms with Crippen molar-refractivity contribution in [3.05, 3.63) is 36.4 Å². The molecule has 1 aromatic rings. The van der Waals surface area contributed by atoms with Gasteiger partial charge < -0.3 is 15.2 Å². The van der Waals surface area contributed by atoms with Gasteiger partial charge in [-0.25, -0.2) is 0 Å². The van der Waals surface area contributed by atoms with Gasteiger partial charge in [-0.15, -0.1) is 6.58 Å². The number of phenolic OH excluding ortho intramolecular Hbond substituents is 1. The summed E-state index contributed by atoms with van der Waals surface area (Å²) >= 11 is 0. The van der Waals surface area contributed by atoms with Crippen molar-refractivity contribution in [3.8, 4) is 11.5 Å². The molecule has 1 aliphatic heterocycles. The van der Waals surface area contributed by atoms with Gasteiger partial charge in [0, 0.05) is 32.2 Å². The molecule has 1 saturated heterocycles. The highest BCUT2D eigenvalue weighted by Gasteiger charge is 2.26. The van der Waals surface area contributed by atoms with Crippen LogP contribution in [0.4, 0.5) is 0 Å². The zero-order valence-electron chi connectivity index (χ0n) is 12.1. The largest absolute Gasteiger partial charge is 0.507 e. The lowest BCUT2D eigenvalue weighted by molar-refractivity contribution is 0.160. The van der Waals surface area contributed by atoms with E-state index in [0.29, 0.717) is 5.75 Å². The van der Waals surface area contributed by atoms with E-state index in [1.54, 1.807) is 13.2 Å². The number of allylic oxidation sites excluding steroid dienone is 1. The van der Waals surface area contributed by atoms with Crippen molar-refractivity contribution in [3.63, 3.8) is 0 Å². The first kappa shape index (κ1) is 14.9. The Kier molecular flexibility index (Phi) is 5.44. The van der Waals surface area contributed by atoms with Crippen molar-refractivity contribution in [2.24, 2.45) is 0 Å². The van der Waals surface area contributed by atoms with E-state index in [9.17, 15) is 5.11 Å². The SMILES string of the molecule is C=CCC[C@H](c1c(O)cccc1OC)N1CCNCC1. The summed E-state index contributed by atoms with van der Waals surface area (Å²) in [5, 5.41) is 13.6. The van der Waals surface area contributed by atoms with E-state index in [-0.39, 0.29) is 6.04 Å². The van der Waals surface area contributed by atoms with Gasteiger partial charge in [0.1, 0.15) is 11.5 Å². The Hall–Kier alpha value is -1.52. The first-order chi connectivity index (χ1) is 9.77. The van der Waals surface area contributed by atoms with Gasteiger partial charge in [-0.2, -0.15) is 0 Å². The molecule has 1 heterocycles. The van der Waals surface area contributed by atoms with Crippen LogP contribution in [-0.4, -0.2) is 43.3 Å². The summed E-state index contributed by atoms with van der Waals surface area (Å²) in [5.41, 5.74) is 0.902. The van der Waals surface area contributed by atoms with Gasteiger partial charge in [0.15, 0.2) is 0 Å². The van der Waals surface area contributed by atoms with Gasteiger partial charge in [0.2, 0.25) is 0 Å². The van der Waals surface area contributed by atoms with E-state index in [1.807, 2.05) is 18.2 Å². The summed E-state index contributed by atoms with van der Waals surface area (Å²) < 4.78 is 5.45. The number of phenols is 1. The molecule has 0 unspecified atom stereocenters. The summed E-state index contributed by atoms with van der Waals surface area (Å²) in [6, 6.07) is 5.64. The van der Waals surface area contributed by atoms with Crippen LogP contribution in [-0.2, 0) is 0 Å². The summed E-state index contributed by atoms with van der Waals surface area (Å²) in [4.78, 5) is 2.41. The van der Waals surface area contributed by atoms with Crippen LogP contribution >= 0.6 is 0 Å². The van der Waals surface area contributed by atoms with Gasteiger partial charge in [-0.05, 0) is 25.0 Å². The van der Waals surface area contributed by atoms with Crippen LogP contribution in [0.15, 0.2) is 30.9 Å². The molecule has 4 nitrogen and oxygen atoms in total. The number of ether oxygens (including phenoxy) is 1. The van der Waals surface area contributed by atoms with E-state index >= 15 is 0 Å². The summed E-state index contributed by atoms with van der Waals surface area (Å²) in [7, 11) is 1.65. The fraction of sp³-hybridized carbons (Fsp3) is 0.500. The first-order valence-electron chi connectivity index (χ1n) is 7.19. The second-order valence-electron chi connectivity index (χ2n) is 5.06. The van der Waals surface area contributed by atoms with Gasteiger partial charge in [0.05, 0.1) is 12.7 Å². The maximum absolute atomic E-state index is 10.3. The fourth-order valence-corrected chi connectivity index (χ4v) is 2.82. The number of hydrogen-bond donors (Lipinski definition) is 2. The molecular weight excluding hydrogens is 252 g/mol. The highest BCUT2D eigenvalue weighted by Crippen LogP contribution is 2.38. The Bertz CT molecular complexity index is 442. The molecule has 4 heteroatoms. The minimum atomic E-state index is 0.172. The van der Waals surface area contributed by atoms with Crippen LogP contribution < -0.4 is 10.1 Å². The lowest BCUT2D eigenvalue weighted by Gasteiger charge is -2.36. The van der Waals surface area contributed by atoms with Crippen LogP contribution in [0.25, 0.3) is 0 Å². The molecule has 0 bridgehead atoms. The van der Waals surface area contributed by atoms with Crippen molar-refractivity contribution in [1.82, 2.24) is 10.2 Å². The second kappa shape index (κ2) is 7.31. The number of aromatic hydroxyl groups is 1. The predicted molar refractivity (Wildman–Crippen MR) is 81.3 cm³/mol. The molecule has 0 amide bonds. The molecule has 2 rings (SSSR count). The average molecular weight is 276 g/mol. The fourth-order valence-electron chi connectivity index (χ4n) is 2.82. The van der Waals surface area contributed by atoms with Crippen LogP contribution in [0.5, 0.6) is 11.5 Å². The Labute approximate surface area is 121 Å². The van der Waals surface area contributed by atoms with E-state index in [4.69, 9.17) is 4.74 Å². The van der Waals surface area contributed by atoms with Gasteiger partial charge in [-0.1, -0.05) is 12.1 Å². The minimum absolute atomic E-state index is 0.172. The van der Waals surface area contributed by atoms with Crippen LogP contribution in [0, 0.1) is 0 Å². The number of rotatable bonds is 6. The second-order valence-corrected chi connectivity index (χ2v) is 5.06. The summed E-state index contributed by atoms with van der Waals surface area (Å²) in [5.74, 6) is 1.08. The maximum atomic E-state index is 10.3. The standard InChI is InChI=1S/C16H24N2O2/c1-3-4-6-13(18-11-9-17-10-12-18)16-14(19)7-5-8-15(16)20-2/h3,5,7-8,13,17,19H,1,4,6,9-12H2,2H3/t13-/m1/s1. The third kappa shape index (κ3) is 3.32. The number of benzene rings is 1. The molecule has 1 atom stereocenters. The molecular formula is C16H24N2O2. The molecule has 0 radical (unpaired) electrons. The molecule has 0 aromatic heterocycles. The predicted octanol–water partition coefficient (Wildman–Crippen LogP) is 2.31. The van der Waals surface area contributed by atoms with Gasteiger partial charge in [0.25, 0.3) is 0 Å². The number of hydrogen-bond acceptors (Lipinski definition) is 4. The molecule has 110 valence electrons. The van der Waals surface area contributed by atoms with E-state index in [0.717, 1.165) is 50.3 Å². The topological polar surface area (TPSA) is 44.7 Å². The summed E-state index contributed by atoms with van der Waals surface area (Å²) in [6.07, 6.45) is 3.80. The zero-order chi connectivity index (χ0) is 14.4. The summed E-state index contributed by atoms with van der Waals surface area (Å²) in [6.45, 7) is 7.76. The lowest BCUT2D eigenvalue weighted by Crippen LogP contribution is -2.45. The Morgan fingerprint density at radius 1 is 1.45 bits per heavy atom. The average Bonchev–Trinajstić information content (AvgIpc) is 2.50. The molecule has 2 N–H and O–H groups in total. The lowest BCUT2D eigenvalue weighted by atomic mass is 9.97. The molecule has 1 aliphatic rings. The van der Waals surface area contributed by atoms with E-state index in [1.165, 1.54) is 0 Å². The molecule has 1 aromatic carbocycles. The van der Waals surface area contributed by atoms with Crippen molar-refractivity contribution >= 4 is 0 Å². The Balaban J connectivity index is 2.31. The quantitative estimate of drug-likeness (QED) is 0.783. The molecule has 0 spiro atoms. The normalized spacial score (nSPS) is 17.6. The highest BCUT2D eigenvalue weighted by molar-refractivity contribution is 5.46. The highest BCUT2D eigenvalue weighted by atomic mass is 16.5. The Morgan fingerprint density at radius 3 is 2.85 bits per heavy atom. The molecule has 0 saturated carbocycles. The third-order valence-corrected chi connectivity index (χ3v) is 3.83. The smallest absolute Gasteiger partial charge is 0.127 e. The molecule has 20 heavy (non-hydrogen) atoms. The third-order valence-electron chi connectivity index (χ3n) is 3.83. The van der Waals surface area contributed by atoms with E-state index in [2.05, 4.69) is 16.8 Å². The van der Waals surface area contributed by atoms with Gasteiger partial charge in [-0.3, -0.25) is 4.90 Å². The number of methoxy groups -OCH3 is 1. The van der Waals surface area contributed by atoms with Crippen molar-refractivity contribution in [2.45, 2.75) is 18.9 Å². The minimum Gasteiger partial charge on any atom is -0.507 e. The van der Waals surface area contributed by atoms with Crippen molar-refractivity contribution in [1.29, 1.82) is 0 Å². The first-order valence-corrected chi connectivity index (χ1v) is 7.19. The van der Waals surface area contributed by atoms with Gasteiger partial charge >= 0.3 is 0 Å². The van der Waals surface area contributed by atoms with Crippen molar-refractivity contribution in [2.75, 3.05) is 33.3 Å². The number of nitrogens with one attached hydrogen (secondary N) is 1. The number of nitrogens with zero attached hydrogens (tertiary/aromatic N) is 1. The van der Waals surface area contributed by atoms with E-state index < -0.39 is 0 Å². The molecule has 1 fully saturated rings. The Morgan fingerprint density at radius 2 is 2.20 bits per heavy atom. The monoisotopic (exact) mass is 276 g/mol. The number of piperazine rings is 1. The van der Waals surface area contributed by atoms with Crippen LogP contribution in [0.2, 0.25) is 0 Å². The van der Waals surface area contributed by atoms with Crippen molar-refractivity contribution < 1.29 is 9.84 Å². The van der Waals surface area contributed by atoms with Crippen LogP contribution in [0.1, 0.15) is 24.4 Å². The zero-order valence-corrected chi connectivity index (χ0v) is 12.1. The van der Waals surface area contributed by atoms with Crippen LogP contribution in [0.3, 0.4) is 0 Å². The molecule has 0 aliphatic carbocycles. The maximum Gasteiger partial charge on any atom is 0.127 e.